The van der Waals surface area contributed by atoms with Crippen LogP contribution in [0.2, 0.25) is 0 Å². The first-order valence-corrected chi connectivity index (χ1v) is 26.8. The van der Waals surface area contributed by atoms with Gasteiger partial charge in [-0.05, 0) is 44.9 Å². The predicted octanol–water partition coefficient (Wildman–Crippen LogP) is 11.4. The third-order valence-corrected chi connectivity index (χ3v) is 12.8. The SMILES string of the molecule is CCCCC/C=C/CC/C=C/CC/C=C/C(O)C(COC1OC(CO)C(O)C(O)C1O)NC(=O)C(O)CCCCCCCCCCCCCCCCCCCCCCCCCCCC. The molecule has 0 aliphatic carbocycles. The molecule has 1 rings (SSSR count). The summed E-state index contributed by atoms with van der Waals surface area (Å²) in [6, 6.07) is -1.00. The Morgan fingerprint density at radius 1 is 0.531 bits per heavy atom. The maximum atomic E-state index is 13.1. The van der Waals surface area contributed by atoms with Crippen molar-refractivity contribution >= 4 is 5.91 Å². The maximum absolute atomic E-state index is 13.1. The number of nitrogens with one attached hydrogen (secondary N) is 1. The van der Waals surface area contributed by atoms with Gasteiger partial charge in [-0.3, -0.25) is 4.79 Å². The predicted molar refractivity (Wildman–Crippen MR) is 264 cm³/mol. The molecule has 10 nitrogen and oxygen atoms in total. The van der Waals surface area contributed by atoms with E-state index in [0.29, 0.717) is 19.3 Å². The van der Waals surface area contributed by atoms with Crippen LogP contribution < -0.4 is 5.32 Å². The van der Waals surface area contributed by atoms with Gasteiger partial charge in [-0.15, -0.1) is 0 Å². The zero-order chi connectivity index (χ0) is 46.7. The highest BCUT2D eigenvalue weighted by Crippen LogP contribution is 2.23. The van der Waals surface area contributed by atoms with Gasteiger partial charge in [0.2, 0.25) is 5.91 Å². The number of hydrogen-bond donors (Lipinski definition) is 7. The fourth-order valence-electron chi connectivity index (χ4n) is 8.43. The van der Waals surface area contributed by atoms with Gasteiger partial charge in [-0.25, -0.2) is 0 Å². The van der Waals surface area contributed by atoms with Crippen LogP contribution in [0, 0.1) is 0 Å². The Kier molecular flexibility index (Phi) is 41.4. The van der Waals surface area contributed by atoms with E-state index in [1.54, 1.807) is 6.08 Å². The quantitative estimate of drug-likeness (QED) is 0.0232. The average molecular weight is 908 g/mol. The summed E-state index contributed by atoms with van der Waals surface area (Å²) in [6.07, 6.45) is 45.4. The average Bonchev–Trinajstić information content (AvgIpc) is 3.29. The second-order valence-electron chi connectivity index (χ2n) is 18.8. The number of aliphatic hydroxyl groups is 6. The molecule has 8 atom stereocenters. The molecule has 0 aromatic carbocycles. The van der Waals surface area contributed by atoms with Crippen molar-refractivity contribution in [2.45, 2.75) is 288 Å². The largest absolute Gasteiger partial charge is 0.394 e. The van der Waals surface area contributed by atoms with E-state index in [2.05, 4.69) is 43.5 Å². The number of aliphatic hydroxyl groups excluding tert-OH is 6. The molecule has 1 saturated heterocycles. The molecule has 1 amide bonds. The van der Waals surface area contributed by atoms with Gasteiger partial charge < -0.3 is 45.4 Å². The van der Waals surface area contributed by atoms with Gasteiger partial charge in [0, 0.05) is 0 Å². The van der Waals surface area contributed by atoms with Gasteiger partial charge in [0.15, 0.2) is 6.29 Å². The lowest BCUT2D eigenvalue weighted by atomic mass is 9.99. The topological polar surface area (TPSA) is 169 Å². The van der Waals surface area contributed by atoms with E-state index in [-0.39, 0.29) is 6.61 Å². The Balaban J connectivity index is 2.25. The van der Waals surface area contributed by atoms with Crippen molar-refractivity contribution in [1.29, 1.82) is 0 Å². The van der Waals surface area contributed by atoms with Crippen LogP contribution in [0.25, 0.3) is 0 Å². The number of carbonyl (C=O) groups is 1. The number of unbranched alkanes of at least 4 members (excludes halogenated alkanes) is 30. The molecule has 0 aromatic rings. The molecule has 64 heavy (non-hydrogen) atoms. The molecule has 0 saturated carbocycles. The summed E-state index contributed by atoms with van der Waals surface area (Å²) in [5.41, 5.74) is 0. The Morgan fingerprint density at radius 2 is 0.922 bits per heavy atom. The second-order valence-corrected chi connectivity index (χ2v) is 18.8. The molecular weight excluding hydrogens is 807 g/mol. The van der Waals surface area contributed by atoms with Gasteiger partial charge in [0.05, 0.1) is 25.4 Å². The minimum Gasteiger partial charge on any atom is -0.394 e. The van der Waals surface area contributed by atoms with E-state index in [9.17, 15) is 35.4 Å². The lowest BCUT2D eigenvalue weighted by Gasteiger charge is -2.40. The van der Waals surface area contributed by atoms with E-state index >= 15 is 0 Å². The van der Waals surface area contributed by atoms with Crippen molar-refractivity contribution in [2.24, 2.45) is 0 Å². The first-order valence-electron chi connectivity index (χ1n) is 26.8. The summed E-state index contributed by atoms with van der Waals surface area (Å²) >= 11 is 0. The molecule has 0 spiro atoms. The fraction of sp³-hybridized carbons (Fsp3) is 0.870. The molecular formula is C54H101NO9. The zero-order valence-electron chi connectivity index (χ0n) is 41.2. The lowest BCUT2D eigenvalue weighted by molar-refractivity contribution is -0.302. The second kappa shape index (κ2) is 43.9. The molecule has 1 aliphatic heterocycles. The number of ether oxygens (including phenoxy) is 2. The zero-order valence-corrected chi connectivity index (χ0v) is 41.2. The van der Waals surface area contributed by atoms with Gasteiger partial charge >= 0.3 is 0 Å². The van der Waals surface area contributed by atoms with Crippen molar-refractivity contribution in [3.8, 4) is 0 Å². The van der Waals surface area contributed by atoms with Crippen molar-refractivity contribution in [3.63, 3.8) is 0 Å². The molecule has 1 aliphatic rings. The van der Waals surface area contributed by atoms with Crippen LogP contribution in [0.4, 0.5) is 0 Å². The third kappa shape index (κ3) is 32.9. The number of allylic oxidation sites excluding steroid dienone is 5. The number of carbonyl (C=O) groups excluding carboxylic acids is 1. The molecule has 7 N–H and O–H groups in total. The smallest absolute Gasteiger partial charge is 0.249 e. The van der Waals surface area contributed by atoms with Crippen molar-refractivity contribution in [2.75, 3.05) is 13.2 Å². The van der Waals surface area contributed by atoms with Gasteiger partial charge in [-0.1, -0.05) is 230 Å². The van der Waals surface area contributed by atoms with Crippen LogP contribution in [0.5, 0.6) is 0 Å². The highest BCUT2D eigenvalue weighted by Gasteiger charge is 2.44. The van der Waals surface area contributed by atoms with Crippen LogP contribution in [0.3, 0.4) is 0 Å². The summed E-state index contributed by atoms with van der Waals surface area (Å²) in [6.45, 7) is 3.57. The number of hydrogen-bond acceptors (Lipinski definition) is 9. The number of amides is 1. The molecule has 1 fully saturated rings. The first-order chi connectivity index (χ1) is 31.3. The molecule has 10 heteroatoms. The van der Waals surface area contributed by atoms with Crippen LogP contribution in [0.15, 0.2) is 36.5 Å². The van der Waals surface area contributed by atoms with Crippen molar-refractivity contribution in [1.82, 2.24) is 5.32 Å². The van der Waals surface area contributed by atoms with Crippen LogP contribution in [-0.2, 0) is 14.3 Å². The van der Waals surface area contributed by atoms with E-state index < -0.39 is 61.5 Å². The van der Waals surface area contributed by atoms with E-state index in [1.165, 1.54) is 161 Å². The summed E-state index contributed by atoms with van der Waals surface area (Å²) < 4.78 is 11.1. The fourth-order valence-corrected chi connectivity index (χ4v) is 8.43. The van der Waals surface area contributed by atoms with Crippen LogP contribution >= 0.6 is 0 Å². The van der Waals surface area contributed by atoms with Gasteiger partial charge in [0.1, 0.15) is 30.5 Å². The Bertz CT molecular complexity index is 1120. The Labute approximate surface area is 392 Å². The molecule has 1 heterocycles. The minimum absolute atomic E-state index is 0.304. The normalized spacial score (nSPS) is 20.8. The molecule has 0 aromatic heterocycles. The number of rotatable bonds is 45. The summed E-state index contributed by atoms with van der Waals surface area (Å²) in [5, 5.41) is 64.8. The summed E-state index contributed by atoms with van der Waals surface area (Å²) in [5.74, 6) is -0.628. The third-order valence-electron chi connectivity index (χ3n) is 12.8. The minimum atomic E-state index is -1.62. The Morgan fingerprint density at radius 3 is 1.36 bits per heavy atom. The van der Waals surface area contributed by atoms with Gasteiger partial charge in [-0.2, -0.15) is 0 Å². The molecule has 376 valence electrons. The van der Waals surface area contributed by atoms with E-state index in [0.717, 1.165) is 44.9 Å². The molecule has 0 bridgehead atoms. The van der Waals surface area contributed by atoms with Crippen molar-refractivity contribution < 1.29 is 44.9 Å². The highest BCUT2D eigenvalue weighted by molar-refractivity contribution is 5.80. The summed E-state index contributed by atoms with van der Waals surface area (Å²) in [7, 11) is 0. The monoisotopic (exact) mass is 908 g/mol. The maximum Gasteiger partial charge on any atom is 0.249 e. The van der Waals surface area contributed by atoms with Crippen LogP contribution in [0.1, 0.15) is 239 Å². The highest BCUT2D eigenvalue weighted by atomic mass is 16.7. The molecule has 0 radical (unpaired) electrons. The Hall–Kier alpha value is -1.63. The standard InChI is InChI=1S/C54H101NO9/c1-3-5-7-9-11-13-15-17-18-19-20-21-22-23-24-25-26-27-28-29-31-33-35-37-39-41-43-48(58)53(62)55-46(45-63-54-52(61)51(60)50(59)49(44-56)64-54)47(57)42-40-38-36-34-32-30-16-14-12-10-8-6-4-2/h12,14,32,34,40,42,46-52,54,56-61H,3-11,13,15-31,33,35-39,41,43-45H2,1-2H3,(H,55,62)/b14-12+,34-32+,42-40+. The van der Waals surface area contributed by atoms with Crippen LogP contribution in [-0.4, -0.2) is 98.7 Å². The summed E-state index contributed by atoms with van der Waals surface area (Å²) in [4.78, 5) is 13.1. The van der Waals surface area contributed by atoms with E-state index in [4.69, 9.17) is 9.47 Å². The van der Waals surface area contributed by atoms with E-state index in [1.807, 2.05) is 6.08 Å². The van der Waals surface area contributed by atoms with Gasteiger partial charge in [0.25, 0.3) is 0 Å². The molecule has 8 unspecified atom stereocenters. The van der Waals surface area contributed by atoms with Crippen molar-refractivity contribution in [3.05, 3.63) is 36.5 Å². The first kappa shape index (κ1) is 60.4. The lowest BCUT2D eigenvalue weighted by Crippen LogP contribution is -2.60.